The lowest BCUT2D eigenvalue weighted by molar-refractivity contribution is 0.0806. The van der Waals surface area contributed by atoms with E-state index in [0.717, 1.165) is 96.3 Å². The Kier molecular flexibility index (Phi) is 23.0. The minimum absolute atomic E-state index is 0.556. The van der Waals surface area contributed by atoms with Gasteiger partial charge < -0.3 is 20.6 Å². The van der Waals surface area contributed by atoms with Gasteiger partial charge in [-0.2, -0.15) is 0 Å². The molecule has 0 aromatic rings. The van der Waals surface area contributed by atoms with Gasteiger partial charge >= 0.3 is 0 Å². The Morgan fingerprint density at radius 2 is 0.882 bits per heavy atom. The fourth-order valence-electron chi connectivity index (χ4n) is 4.18. The van der Waals surface area contributed by atoms with E-state index >= 15 is 0 Å². The maximum absolute atomic E-state index is 10.8. The van der Waals surface area contributed by atoms with Crippen LogP contribution < -0.4 is 0 Å². The summed E-state index contributed by atoms with van der Waals surface area (Å²) in [5.74, 6) is 0. The quantitative estimate of drug-likeness (QED) is 0.0601. The van der Waals surface area contributed by atoms with Crippen molar-refractivity contribution >= 4 is 11.4 Å². The fourth-order valence-corrected chi connectivity index (χ4v) is 4.18. The number of hydrogen-bond acceptors (Lipinski definition) is 6. The van der Waals surface area contributed by atoms with Crippen LogP contribution in [0.5, 0.6) is 0 Å². The second kappa shape index (κ2) is 22.3. The Labute approximate surface area is 210 Å². The van der Waals surface area contributed by atoms with Crippen molar-refractivity contribution in [3.8, 4) is 0 Å². The summed E-state index contributed by atoms with van der Waals surface area (Å²) in [5.41, 5.74) is -0.612. The van der Waals surface area contributed by atoms with Crippen LogP contribution in [0.1, 0.15) is 157 Å². The van der Waals surface area contributed by atoms with Gasteiger partial charge in [0.2, 0.25) is 0 Å². The molecule has 0 aliphatic rings. The highest BCUT2D eigenvalue weighted by atomic mass is 16.4. The molecule has 0 saturated carbocycles. The molecule has 0 rings (SSSR count). The summed E-state index contributed by atoms with van der Waals surface area (Å²) < 4.78 is 0. The van der Waals surface area contributed by atoms with Crippen LogP contribution in [0.2, 0.25) is 0 Å². The molecule has 0 aromatic heterocycles. The number of nitrogens with zero attached hydrogens (tertiary/aromatic N) is 2. The number of aliphatic hydroxyl groups is 2. The van der Waals surface area contributed by atoms with Crippen LogP contribution in [0.15, 0.2) is 10.3 Å². The third kappa shape index (κ3) is 15.0. The molecule has 0 aromatic carbocycles. The highest BCUT2D eigenvalue weighted by Crippen LogP contribution is 2.26. The first-order valence-corrected chi connectivity index (χ1v) is 14.2. The second-order valence-electron chi connectivity index (χ2n) is 9.73. The molecular weight excluding hydrogens is 428 g/mol. The lowest BCUT2D eigenvalue weighted by Crippen LogP contribution is -2.38. The van der Waals surface area contributed by atoms with Crippen molar-refractivity contribution in [1.29, 1.82) is 0 Å². The zero-order valence-electron chi connectivity index (χ0n) is 23.4. The number of oxime groups is 2. The topological polar surface area (TPSA) is 106 Å². The van der Waals surface area contributed by atoms with Crippen molar-refractivity contribution in [3.63, 3.8) is 0 Å². The van der Waals surface area contributed by atoms with Gasteiger partial charge in [-0.3, -0.25) is 0 Å². The van der Waals surface area contributed by atoms with Crippen molar-refractivity contribution in [3.05, 3.63) is 0 Å². The molecule has 204 valence electrons. The van der Waals surface area contributed by atoms with E-state index in [0.29, 0.717) is 30.7 Å². The fraction of sp³-hybridized carbons (Fsp3) is 0.929. The summed E-state index contributed by atoms with van der Waals surface area (Å²) in [5, 5.41) is 46.1. The Balaban J connectivity index is 0. The molecule has 0 fully saturated rings. The highest BCUT2D eigenvalue weighted by Gasteiger charge is 2.32. The van der Waals surface area contributed by atoms with E-state index in [9.17, 15) is 15.4 Å². The zero-order chi connectivity index (χ0) is 26.3. The van der Waals surface area contributed by atoms with E-state index < -0.39 is 11.2 Å². The van der Waals surface area contributed by atoms with Crippen LogP contribution in [0.4, 0.5) is 0 Å². The first kappa shape index (κ1) is 35.0. The predicted molar refractivity (Wildman–Crippen MR) is 145 cm³/mol. The second-order valence-corrected chi connectivity index (χ2v) is 9.73. The van der Waals surface area contributed by atoms with Gasteiger partial charge in [0, 0.05) is 0 Å². The van der Waals surface area contributed by atoms with Crippen molar-refractivity contribution in [2.24, 2.45) is 10.3 Å². The molecule has 0 saturated heterocycles. The normalized spacial score (nSPS) is 15.9. The third-order valence-electron chi connectivity index (χ3n) is 6.77. The van der Waals surface area contributed by atoms with Gasteiger partial charge in [0.1, 0.15) is 11.2 Å². The van der Waals surface area contributed by atoms with E-state index in [1.807, 2.05) is 6.92 Å². The maximum atomic E-state index is 10.8. The molecule has 2 atom stereocenters. The van der Waals surface area contributed by atoms with Crippen LogP contribution in [-0.2, 0) is 0 Å². The average molecular weight is 487 g/mol. The van der Waals surface area contributed by atoms with Gasteiger partial charge in [-0.1, -0.05) is 116 Å². The van der Waals surface area contributed by atoms with Gasteiger partial charge in [0.25, 0.3) is 0 Å². The average Bonchev–Trinajstić information content (AvgIpc) is 2.85. The first-order chi connectivity index (χ1) is 16.3. The Morgan fingerprint density at radius 1 is 0.500 bits per heavy atom. The SMILES string of the molecule is CCCCC(=NO)C(O)(CC)CCCC.CCCCCC(=NO)C(O)(CCCC)CCCCC. The molecule has 0 aliphatic carbocycles. The van der Waals surface area contributed by atoms with Gasteiger partial charge in [-0.05, 0) is 51.4 Å². The van der Waals surface area contributed by atoms with Crippen LogP contribution >= 0.6 is 0 Å². The Morgan fingerprint density at radius 3 is 1.32 bits per heavy atom. The summed E-state index contributed by atoms with van der Waals surface area (Å²) in [6, 6.07) is 0. The maximum Gasteiger partial charge on any atom is 0.106 e. The molecule has 0 aliphatic heterocycles. The van der Waals surface area contributed by atoms with E-state index in [1.165, 1.54) is 0 Å². The number of rotatable bonds is 20. The molecule has 6 heteroatoms. The molecule has 0 heterocycles. The van der Waals surface area contributed by atoms with Crippen LogP contribution in [0, 0.1) is 0 Å². The Hall–Kier alpha value is -1.14. The summed E-state index contributed by atoms with van der Waals surface area (Å²) in [7, 11) is 0. The van der Waals surface area contributed by atoms with Gasteiger partial charge in [-0.15, -0.1) is 0 Å². The van der Waals surface area contributed by atoms with E-state index in [-0.39, 0.29) is 0 Å². The molecule has 4 N–H and O–H groups in total. The number of unbranched alkanes of at least 4 members (excludes halogenated alkanes) is 7. The minimum Gasteiger partial charge on any atom is -0.411 e. The molecule has 0 spiro atoms. The zero-order valence-corrected chi connectivity index (χ0v) is 23.4. The van der Waals surface area contributed by atoms with Gasteiger partial charge in [0.05, 0.1) is 11.4 Å². The first-order valence-electron chi connectivity index (χ1n) is 14.2. The molecule has 0 bridgehead atoms. The summed E-state index contributed by atoms with van der Waals surface area (Å²) in [4.78, 5) is 0. The molecular formula is C28H58N2O4. The largest absolute Gasteiger partial charge is 0.411 e. The molecule has 0 radical (unpaired) electrons. The highest BCUT2D eigenvalue weighted by molar-refractivity contribution is 5.92. The van der Waals surface area contributed by atoms with Crippen LogP contribution in [0.25, 0.3) is 0 Å². The van der Waals surface area contributed by atoms with E-state index in [4.69, 9.17) is 5.21 Å². The van der Waals surface area contributed by atoms with Gasteiger partial charge in [-0.25, -0.2) is 0 Å². The van der Waals surface area contributed by atoms with Crippen LogP contribution in [0.3, 0.4) is 0 Å². The summed E-state index contributed by atoms with van der Waals surface area (Å²) in [6.45, 7) is 12.6. The molecule has 2 unspecified atom stereocenters. The van der Waals surface area contributed by atoms with E-state index in [1.54, 1.807) is 0 Å². The lowest BCUT2D eigenvalue weighted by Gasteiger charge is -2.29. The van der Waals surface area contributed by atoms with E-state index in [2.05, 4.69) is 44.9 Å². The van der Waals surface area contributed by atoms with Crippen molar-refractivity contribution in [2.45, 2.75) is 168 Å². The molecule has 34 heavy (non-hydrogen) atoms. The standard InChI is InChI=1S/C16H33NO2.C12H25NO2/c1-4-7-10-12-15(17-19)16(18,13-9-6-3)14-11-8-5-2;1-4-7-9-11(13-15)12(14,6-3)10-8-5-2/h18-19H,4-14H2,1-3H3;14-15H,4-10H2,1-3H3. The number of hydrogen-bond donors (Lipinski definition) is 4. The molecule has 6 nitrogen and oxygen atoms in total. The van der Waals surface area contributed by atoms with Crippen LogP contribution in [-0.4, -0.2) is 43.3 Å². The monoisotopic (exact) mass is 486 g/mol. The third-order valence-corrected chi connectivity index (χ3v) is 6.77. The smallest absolute Gasteiger partial charge is 0.106 e. The lowest BCUT2D eigenvalue weighted by atomic mass is 9.84. The minimum atomic E-state index is -0.889. The Bertz CT molecular complexity index is 525. The van der Waals surface area contributed by atoms with Crippen molar-refractivity contribution in [2.75, 3.05) is 0 Å². The molecule has 0 amide bonds. The van der Waals surface area contributed by atoms with Gasteiger partial charge in [0.15, 0.2) is 0 Å². The summed E-state index contributed by atoms with van der Waals surface area (Å²) >= 11 is 0. The summed E-state index contributed by atoms with van der Waals surface area (Å²) in [6.07, 6.45) is 16.8. The van der Waals surface area contributed by atoms with Crippen molar-refractivity contribution in [1.82, 2.24) is 0 Å². The predicted octanol–water partition coefficient (Wildman–Crippen LogP) is 8.24. The van der Waals surface area contributed by atoms with Crippen molar-refractivity contribution < 1.29 is 20.6 Å².